The first-order valence-corrected chi connectivity index (χ1v) is 19.9. The smallest absolute Gasteiger partial charge is 0.338 e. The van der Waals surface area contributed by atoms with Crippen molar-refractivity contribution in [1.82, 2.24) is 0 Å². The van der Waals surface area contributed by atoms with Gasteiger partial charge in [0.25, 0.3) is 0 Å². The summed E-state index contributed by atoms with van der Waals surface area (Å²) in [4.78, 5) is 22.3. The van der Waals surface area contributed by atoms with Crippen molar-refractivity contribution in [2.45, 2.75) is 177 Å². The van der Waals surface area contributed by atoms with Crippen LogP contribution in [0.4, 0.5) is 0 Å². The second-order valence-electron chi connectivity index (χ2n) is 16.3. The molecule has 0 heterocycles. The van der Waals surface area contributed by atoms with E-state index in [1.54, 1.807) is 88.3 Å². The fourth-order valence-corrected chi connectivity index (χ4v) is 2.23. The van der Waals surface area contributed by atoms with E-state index >= 15 is 0 Å². The van der Waals surface area contributed by atoms with Crippen molar-refractivity contribution >= 4 is 11.9 Å². The largest absolute Gasteiger partial charge is 0.504 e. The van der Waals surface area contributed by atoms with Gasteiger partial charge in [0.1, 0.15) is 0 Å². The Balaban J connectivity index is -0.000000114. The molecule has 19 nitrogen and oxygen atoms in total. The number of aliphatic hydroxyl groups excluding tert-OH is 10. The summed E-state index contributed by atoms with van der Waals surface area (Å²) in [5, 5.41) is 128. The van der Waals surface area contributed by atoms with E-state index in [1.165, 1.54) is 19.1 Å². The van der Waals surface area contributed by atoms with Gasteiger partial charge in [-0.25, -0.2) is 9.59 Å². The highest BCUT2D eigenvalue weighted by Gasteiger charge is 2.34. The van der Waals surface area contributed by atoms with Gasteiger partial charge < -0.3 is 86.1 Å². The normalized spacial score (nSPS) is 12.8. The molecule has 2 unspecified atom stereocenters. The Morgan fingerprint density at radius 3 is 0.951 bits per heavy atom. The predicted octanol–water partition coefficient (Wildman–Crippen LogP) is 0.872. The van der Waals surface area contributed by atoms with Crippen molar-refractivity contribution in [3.8, 4) is 11.5 Å². The summed E-state index contributed by atoms with van der Waals surface area (Å²) in [5.74, 6) is -2.26. The highest BCUT2D eigenvalue weighted by molar-refractivity contribution is 5.85. The molecule has 0 bridgehead atoms. The number of aliphatic hydroxyl groups is 13. The highest BCUT2D eigenvalue weighted by atomic mass is 16.6. The van der Waals surface area contributed by atoms with E-state index in [9.17, 15) is 19.8 Å². The molecule has 0 amide bonds. The number of phenols is 2. The molecule has 370 valence electrons. The monoisotopic (exact) mass is 897 g/mol. The van der Waals surface area contributed by atoms with E-state index in [2.05, 4.69) is 16.4 Å². The first kappa shape index (κ1) is 72.7. The molecule has 0 aliphatic rings. The van der Waals surface area contributed by atoms with Crippen LogP contribution in [0.2, 0.25) is 0 Å². The molecular weight excluding hydrogens is 808 g/mol. The predicted molar refractivity (Wildman–Crippen MR) is 232 cm³/mol. The van der Waals surface area contributed by atoms with E-state index in [1.807, 2.05) is 13.8 Å². The van der Waals surface area contributed by atoms with Crippen LogP contribution in [0, 0.1) is 5.41 Å². The Bertz CT molecular complexity index is 1040. The minimum absolute atomic E-state index is 0.0764. The number of para-hydroxylation sites is 2. The van der Waals surface area contributed by atoms with Crippen LogP contribution in [0.15, 0.2) is 24.3 Å². The molecule has 0 aromatic heterocycles. The maximum atomic E-state index is 11.1. The summed E-state index contributed by atoms with van der Waals surface area (Å²) in [6.45, 7) is 25.5. The third kappa shape index (κ3) is 61.6. The van der Waals surface area contributed by atoms with E-state index in [0.29, 0.717) is 19.4 Å². The number of hydrogen-bond donors (Lipinski definition) is 15. The zero-order valence-corrected chi connectivity index (χ0v) is 39.5. The van der Waals surface area contributed by atoms with Crippen LogP contribution in [0.5, 0.6) is 11.5 Å². The van der Waals surface area contributed by atoms with Crippen LogP contribution in [-0.4, -0.2) is 182 Å². The maximum absolute atomic E-state index is 11.1. The van der Waals surface area contributed by atoms with Crippen molar-refractivity contribution < 1.29 is 95.7 Å². The minimum atomic E-state index is -1.92. The Kier molecular flexibility index (Phi) is 49.2. The topological polar surface area (TPSA) is 356 Å². The molecule has 0 saturated heterocycles. The number of benzene rings is 1. The SMILES string of the molecule is CC(C)(O)C(C)(C)O.CC(C)OC(=O)[C@H](O)[C@@H](O)C(=O)OC(C)C.CC(O)CC(C)(C)O.CC(O)CO.CCC(C)(C)CO.OCCCO.OCCO.Oc1ccccc1O. The molecule has 0 radical (unpaired) electrons. The summed E-state index contributed by atoms with van der Waals surface area (Å²) >= 11 is 0. The molecule has 61 heavy (non-hydrogen) atoms. The van der Waals surface area contributed by atoms with Crippen molar-refractivity contribution in [3.05, 3.63) is 24.3 Å². The molecular formula is C42H88O19. The lowest BCUT2D eigenvalue weighted by atomic mass is 9.90. The van der Waals surface area contributed by atoms with Crippen LogP contribution < -0.4 is 0 Å². The van der Waals surface area contributed by atoms with Gasteiger partial charge in [0, 0.05) is 26.2 Å². The third-order valence-corrected chi connectivity index (χ3v) is 6.73. The molecule has 1 aromatic carbocycles. The van der Waals surface area contributed by atoms with Crippen LogP contribution in [0.3, 0.4) is 0 Å². The number of rotatable bonds is 14. The van der Waals surface area contributed by atoms with Crippen LogP contribution in [0.1, 0.15) is 123 Å². The first-order valence-electron chi connectivity index (χ1n) is 19.9. The second-order valence-corrected chi connectivity index (χ2v) is 16.3. The quantitative estimate of drug-likeness (QED) is 0.0910. The first-order chi connectivity index (χ1) is 27.4. The fourth-order valence-electron chi connectivity index (χ4n) is 2.23. The van der Waals surface area contributed by atoms with Gasteiger partial charge in [-0.05, 0) is 113 Å². The van der Waals surface area contributed by atoms with E-state index in [4.69, 9.17) is 66.4 Å². The third-order valence-electron chi connectivity index (χ3n) is 6.73. The zero-order chi connectivity index (χ0) is 50.4. The zero-order valence-electron chi connectivity index (χ0n) is 39.5. The van der Waals surface area contributed by atoms with Gasteiger partial charge in [0.05, 0.1) is 61.0 Å². The Morgan fingerprint density at radius 2 is 0.869 bits per heavy atom. The highest BCUT2D eigenvalue weighted by Crippen LogP contribution is 2.21. The average molecular weight is 897 g/mol. The standard InChI is InChI=1S/C10H18O6.C6H6O2.2C6H14O2.C6H14O.2C3H8O2.C2H6O2/c1-5(2)15-9(13)7(11)8(12)10(14)16-6(3)4;7-5-3-1-2-4-6(5)8;1-5(7)4-6(2,3)8;1-5(2,7)6(3,4)8;1-4-6(2,3)5-7;1-3(5)2-4;4-2-1-3-5;3-1-2-4/h5-8,11-12H,1-4H3;1-4,7-8H;5,7-8H,4H2,1-3H3;7-8H,1-4H3;7H,4-5H2,1-3H3;3-5H,2H2,1H3;4-5H,1-3H2;3-4H,1-2H2/t7-,8-;;;;;;;/m1......./s1. The Labute approximate surface area is 364 Å². The minimum Gasteiger partial charge on any atom is -0.504 e. The van der Waals surface area contributed by atoms with Gasteiger partial charge in [-0.1, -0.05) is 32.9 Å². The molecule has 1 rings (SSSR count). The number of carbonyl (C=O) groups excluding carboxylic acids is 2. The average Bonchev–Trinajstić information content (AvgIpc) is 3.11. The maximum Gasteiger partial charge on any atom is 0.338 e. The van der Waals surface area contributed by atoms with Gasteiger partial charge in [0.15, 0.2) is 23.7 Å². The Morgan fingerprint density at radius 1 is 0.574 bits per heavy atom. The molecule has 0 spiro atoms. The van der Waals surface area contributed by atoms with Crippen LogP contribution in [-0.2, 0) is 19.1 Å². The molecule has 19 heteroatoms. The summed E-state index contributed by atoms with van der Waals surface area (Å²) in [5.41, 5.74) is -2.60. The number of phenolic OH excluding ortho intramolecular Hbond substituents is 2. The lowest BCUT2D eigenvalue weighted by Crippen LogP contribution is -2.44. The Hall–Kier alpha value is -2.76. The molecule has 0 saturated carbocycles. The molecule has 15 N–H and O–H groups in total. The lowest BCUT2D eigenvalue weighted by Gasteiger charge is -2.31. The molecule has 1 aromatic rings. The van der Waals surface area contributed by atoms with Gasteiger partial charge in [-0.2, -0.15) is 0 Å². The van der Waals surface area contributed by atoms with Crippen LogP contribution in [0.25, 0.3) is 0 Å². The fraction of sp³-hybridized carbons (Fsp3) is 0.810. The molecule has 0 aliphatic heterocycles. The summed E-state index contributed by atoms with van der Waals surface area (Å²) in [6, 6.07) is 6.15. The lowest BCUT2D eigenvalue weighted by molar-refractivity contribution is -0.177. The van der Waals surface area contributed by atoms with E-state index in [-0.39, 0.29) is 49.9 Å². The molecule has 0 fully saturated rings. The molecule has 4 atom stereocenters. The summed E-state index contributed by atoms with van der Waals surface area (Å²) < 4.78 is 9.26. The number of carbonyl (C=O) groups is 2. The van der Waals surface area contributed by atoms with Gasteiger partial charge in [-0.15, -0.1) is 0 Å². The van der Waals surface area contributed by atoms with Gasteiger partial charge in [-0.3, -0.25) is 0 Å². The van der Waals surface area contributed by atoms with Gasteiger partial charge in [0.2, 0.25) is 0 Å². The van der Waals surface area contributed by atoms with Crippen molar-refractivity contribution in [2.75, 3.05) is 39.6 Å². The van der Waals surface area contributed by atoms with Crippen molar-refractivity contribution in [2.24, 2.45) is 5.41 Å². The van der Waals surface area contributed by atoms with Crippen molar-refractivity contribution in [3.63, 3.8) is 0 Å². The number of esters is 2. The van der Waals surface area contributed by atoms with Crippen LogP contribution >= 0.6 is 0 Å². The number of aromatic hydroxyl groups is 2. The summed E-state index contributed by atoms with van der Waals surface area (Å²) in [7, 11) is 0. The van der Waals surface area contributed by atoms with Crippen molar-refractivity contribution in [1.29, 1.82) is 0 Å². The number of hydrogen-bond acceptors (Lipinski definition) is 19. The number of ether oxygens (including phenoxy) is 2. The summed E-state index contributed by atoms with van der Waals surface area (Å²) in [6.07, 6.45) is -3.70. The van der Waals surface area contributed by atoms with E-state index < -0.39 is 65.4 Å². The van der Waals surface area contributed by atoms with Gasteiger partial charge >= 0.3 is 11.9 Å². The molecule has 0 aliphatic carbocycles. The second kappa shape index (κ2) is 41.3. The van der Waals surface area contributed by atoms with E-state index in [0.717, 1.165) is 6.42 Å².